The molecule has 2 aromatic heterocycles. The van der Waals surface area contributed by atoms with Gasteiger partial charge in [-0.2, -0.15) is 0 Å². The van der Waals surface area contributed by atoms with Crippen molar-refractivity contribution in [3.05, 3.63) is 52.5 Å². The minimum absolute atomic E-state index is 0.261. The van der Waals surface area contributed by atoms with Crippen LogP contribution in [0.2, 0.25) is 0 Å². The average Bonchev–Trinajstić information content (AvgIpc) is 3.00. The zero-order valence-corrected chi connectivity index (χ0v) is 16.5. The maximum atomic E-state index is 12.3. The Morgan fingerprint density at radius 2 is 1.96 bits per heavy atom. The van der Waals surface area contributed by atoms with Crippen LogP contribution in [-0.4, -0.2) is 36.6 Å². The predicted octanol–water partition coefficient (Wildman–Crippen LogP) is 2.85. The van der Waals surface area contributed by atoms with Crippen molar-refractivity contribution in [1.82, 2.24) is 10.3 Å². The van der Waals surface area contributed by atoms with E-state index in [0.717, 1.165) is 22.4 Å². The summed E-state index contributed by atoms with van der Waals surface area (Å²) in [5.41, 5.74) is 8.24. The minimum atomic E-state index is -0.631. The first-order valence-corrected chi connectivity index (χ1v) is 9.55. The van der Waals surface area contributed by atoms with Crippen LogP contribution in [0, 0.1) is 13.8 Å². The predicted molar refractivity (Wildman–Crippen MR) is 109 cm³/mol. The van der Waals surface area contributed by atoms with Crippen molar-refractivity contribution < 1.29 is 19.1 Å². The number of nitrogen functional groups attached to an aromatic ring is 1. The van der Waals surface area contributed by atoms with Gasteiger partial charge in [-0.05, 0) is 37.6 Å². The Kier molecular flexibility index (Phi) is 6.10. The number of esters is 1. The van der Waals surface area contributed by atoms with Crippen LogP contribution < -0.4 is 15.8 Å². The Morgan fingerprint density at radius 1 is 1.21 bits per heavy atom. The Labute approximate surface area is 166 Å². The number of nitrogens with zero attached hydrogens (tertiary/aromatic N) is 1. The second-order valence-electron chi connectivity index (χ2n) is 6.19. The Bertz CT molecular complexity index is 1000. The van der Waals surface area contributed by atoms with E-state index in [1.54, 1.807) is 0 Å². The number of rotatable bonds is 7. The zero-order chi connectivity index (χ0) is 20.1. The largest absolute Gasteiger partial charge is 0.492 e. The topological polar surface area (TPSA) is 104 Å². The van der Waals surface area contributed by atoms with Crippen molar-refractivity contribution in [3.8, 4) is 5.75 Å². The molecule has 1 amide bonds. The molecular weight excluding hydrogens is 378 g/mol. The first-order valence-electron chi connectivity index (χ1n) is 8.73. The summed E-state index contributed by atoms with van der Waals surface area (Å²) in [6.45, 7) is 4.03. The van der Waals surface area contributed by atoms with Gasteiger partial charge in [0, 0.05) is 11.1 Å². The lowest BCUT2D eigenvalue weighted by Crippen LogP contribution is -2.32. The van der Waals surface area contributed by atoms with Crippen LogP contribution >= 0.6 is 11.3 Å². The van der Waals surface area contributed by atoms with Gasteiger partial charge in [0.2, 0.25) is 0 Å². The van der Waals surface area contributed by atoms with Gasteiger partial charge < -0.3 is 20.5 Å². The van der Waals surface area contributed by atoms with Crippen LogP contribution in [0.5, 0.6) is 5.75 Å². The molecule has 146 valence electrons. The van der Waals surface area contributed by atoms with Gasteiger partial charge in [-0.25, -0.2) is 9.78 Å². The molecule has 8 heteroatoms. The number of amides is 1. The Morgan fingerprint density at radius 3 is 2.71 bits per heavy atom. The molecule has 0 fully saturated rings. The van der Waals surface area contributed by atoms with E-state index in [9.17, 15) is 9.59 Å². The third-order valence-corrected chi connectivity index (χ3v) is 5.06. The second-order valence-corrected chi connectivity index (χ2v) is 7.19. The highest BCUT2D eigenvalue weighted by Gasteiger charge is 2.20. The second kappa shape index (κ2) is 8.71. The summed E-state index contributed by atoms with van der Waals surface area (Å²) >= 11 is 1.17. The fraction of sp³-hybridized carbons (Fsp3) is 0.250. The Hall–Kier alpha value is -3.13. The van der Waals surface area contributed by atoms with Gasteiger partial charge >= 0.3 is 5.97 Å². The number of ether oxygens (including phenoxy) is 2. The van der Waals surface area contributed by atoms with E-state index in [2.05, 4.69) is 10.3 Å². The highest BCUT2D eigenvalue weighted by molar-refractivity contribution is 7.21. The van der Waals surface area contributed by atoms with Crippen LogP contribution in [0.15, 0.2) is 36.4 Å². The highest BCUT2D eigenvalue weighted by atomic mass is 32.1. The third-order valence-electron chi connectivity index (χ3n) is 3.98. The van der Waals surface area contributed by atoms with E-state index in [0.29, 0.717) is 23.7 Å². The summed E-state index contributed by atoms with van der Waals surface area (Å²) < 4.78 is 10.6. The number of carbonyl (C=O) groups is 2. The van der Waals surface area contributed by atoms with Gasteiger partial charge in [-0.15, -0.1) is 11.3 Å². The standard InChI is InChI=1S/C20H21N3O4S/c1-12-10-13(2)23-19-16(12)17(21)18(28-19)20(25)27-11-15(24)22-8-9-26-14-6-4-3-5-7-14/h3-7,10H,8-9,11,21H2,1-2H3,(H,22,24). The number of aryl methyl sites for hydroxylation is 2. The quantitative estimate of drug-likeness (QED) is 0.468. The van der Waals surface area contributed by atoms with Crippen molar-refractivity contribution in [2.75, 3.05) is 25.5 Å². The number of para-hydroxylation sites is 1. The number of hydrogen-bond acceptors (Lipinski definition) is 7. The molecule has 0 saturated carbocycles. The van der Waals surface area contributed by atoms with Gasteiger partial charge in [0.15, 0.2) is 6.61 Å². The van der Waals surface area contributed by atoms with Crippen molar-refractivity contribution in [2.24, 2.45) is 0 Å². The summed E-state index contributed by atoms with van der Waals surface area (Å²) in [5.74, 6) is -0.314. The molecule has 0 bridgehead atoms. The summed E-state index contributed by atoms with van der Waals surface area (Å²) in [6, 6.07) is 11.2. The summed E-state index contributed by atoms with van der Waals surface area (Å²) in [7, 11) is 0. The maximum absolute atomic E-state index is 12.3. The molecule has 0 unspecified atom stereocenters. The van der Waals surface area contributed by atoms with Crippen LogP contribution in [-0.2, 0) is 9.53 Å². The maximum Gasteiger partial charge on any atom is 0.351 e. The molecule has 0 saturated heterocycles. The fourth-order valence-corrected chi connectivity index (χ4v) is 3.85. The van der Waals surface area contributed by atoms with Crippen LogP contribution in [0.25, 0.3) is 10.2 Å². The molecule has 2 heterocycles. The van der Waals surface area contributed by atoms with Crippen molar-refractivity contribution in [2.45, 2.75) is 13.8 Å². The first-order chi connectivity index (χ1) is 13.5. The summed E-state index contributed by atoms with van der Waals surface area (Å²) in [6.07, 6.45) is 0. The van der Waals surface area contributed by atoms with E-state index in [4.69, 9.17) is 15.2 Å². The number of aromatic nitrogens is 1. The molecule has 0 atom stereocenters. The van der Waals surface area contributed by atoms with Gasteiger partial charge in [0.1, 0.15) is 22.1 Å². The lowest BCUT2D eigenvalue weighted by atomic mass is 10.1. The molecule has 0 aliphatic carbocycles. The monoisotopic (exact) mass is 399 g/mol. The number of thiophene rings is 1. The molecule has 7 nitrogen and oxygen atoms in total. The number of hydrogen-bond donors (Lipinski definition) is 2. The van der Waals surface area contributed by atoms with Crippen LogP contribution in [0.4, 0.5) is 5.69 Å². The molecule has 3 aromatic rings. The zero-order valence-electron chi connectivity index (χ0n) is 15.7. The van der Waals surface area contributed by atoms with Gasteiger partial charge in [0.05, 0.1) is 12.2 Å². The van der Waals surface area contributed by atoms with Crippen LogP contribution in [0.3, 0.4) is 0 Å². The normalized spacial score (nSPS) is 10.6. The van der Waals surface area contributed by atoms with Crippen molar-refractivity contribution in [3.63, 3.8) is 0 Å². The van der Waals surface area contributed by atoms with Crippen molar-refractivity contribution in [1.29, 1.82) is 0 Å². The van der Waals surface area contributed by atoms with E-state index in [1.165, 1.54) is 11.3 Å². The number of pyridine rings is 1. The minimum Gasteiger partial charge on any atom is -0.492 e. The number of benzene rings is 1. The molecular formula is C20H21N3O4S. The first kappa shape index (κ1) is 19.6. The molecule has 0 radical (unpaired) electrons. The van der Waals surface area contributed by atoms with E-state index in [1.807, 2.05) is 50.2 Å². The third kappa shape index (κ3) is 4.58. The van der Waals surface area contributed by atoms with Crippen molar-refractivity contribution >= 4 is 39.1 Å². The SMILES string of the molecule is Cc1cc(C)c2c(N)c(C(=O)OCC(=O)NCCOc3ccccc3)sc2n1. The van der Waals surface area contributed by atoms with E-state index >= 15 is 0 Å². The average molecular weight is 399 g/mol. The number of anilines is 1. The van der Waals surface area contributed by atoms with Gasteiger partial charge in [-0.3, -0.25) is 4.79 Å². The van der Waals surface area contributed by atoms with Gasteiger partial charge in [0.25, 0.3) is 5.91 Å². The Balaban J connectivity index is 1.50. The molecule has 0 aliphatic rings. The lowest BCUT2D eigenvalue weighted by Gasteiger charge is -2.08. The summed E-state index contributed by atoms with van der Waals surface area (Å²) in [5, 5.41) is 3.39. The summed E-state index contributed by atoms with van der Waals surface area (Å²) in [4.78, 5) is 29.5. The highest BCUT2D eigenvalue weighted by Crippen LogP contribution is 2.35. The van der Waals surface area contributed by atoms with E-state index in [-0.39, 0.29) is 11.5 Å². The molecule has 0 spiro atoms. The number of carbonyl (C=O) groups excluding carboxylic acids is 2. The molecule has 3 N–H and O–H groups in total. The smallest absolute Gasteiger partial charge is 0.351 e. The lowest BCUT2D eigenvalue weighted by molar-refractivity contribution is -0.124. The molecule has 0 aliphatic heterocycles. The molecule has 3 rings (SSSR count). The molecule has 28 heavy (non-hydrogen) atoms. The molecule has 1 aromatic carbocycles. The van der Waals surface area contributed by atoms with Crippen LogP contribution in [0.1, 0.15) is 20.9 Å². The number of nitrogens with two attached hydrogens (primary N) is 1. The number of fused-ring (bicyclic) bond motifs is 1. The van der Waals surface area contributed by atoms with E-state index < -0.39 is 11.9 Å². The van der Waals surface area contributed by atoms with Gasteiger partial charge in [-0.1, -0.05) is 18.2 Å². The fourth-order valence-electron chi connectivity index (χ4n) is 2.74. The number of nitrogens with one attached hydrogen (secondary N) is 1.